The van der Waals surface area contributed by atoms with Crippen molar-refractivity contribution in [1.29, 1.82) is 0 Å². The second-order valence-electron chi connectivity index (χ2n) is 8.90. The van der Waals surface area contributed by atoms with Crippen LogP contribution >= 0.6 is 11.6 Å². The van der Waals surface area contributed by atoms with Gasteiger partial charge in [-0.2, -0.15) is 0 Å². The van der Waals surface area contributed by atoms with Crippen LogP contribution in [-0.4, -0.2) is 42.1 Å². The molecule has 1 heterocycles. The van der Waals surface area contributed by atoms with Gasteiger partial charge in [0, 0.05) is 4.87 Å². The van der Waals surface area contributed by atoms with Gasteiger partial charge in [-0.15, -0.1) is 11.6 Å². The van der Waals surface area contributed by atoms with Crippen LogP contribution in [0.3, 0.4) is 0 Å². The number of carbonyl (C=O) groups excluding carboxylic acids is 3. The van der Waals surface area contributed by atoms with Crippen LogP contribution < -0.4 is 10.6 Å². The number of halogens is 1. The van der Waals surface area contributed by atoms with Gasteiger partial charge in [0.1, 0.15) is 6.61 Å². The molecule has 7 nitrogen and oxygen atoms in total. The molecule has 0 saturated heterocycles. The Morgan fingerprint density at radius 3 is 2.46 bits per heavy atom. The van der Waals surface area contributed by atoms with E-state index in [1.807, 2.05) is 0 Å². The van der Waals surface area contributed by atoms with Crippen LogP contribution in [0.4, 0.5) is 4.79 Å². The largest absolute Gasteiger partial charge is 0.463 e. The SMILES string of the molecule is CCOC(=O)C1=C(COC(=O)C23C[C@@H]4C[C@@H](CC(Cl)(C4)C2)C3)NC(=O)N[C@H]1C. The fourth-order valence-electron chi connectivity index (χ4n) is 6.07. The van der Waals surface area contributed by atoms with Crippen molar-refractivity contribution in [3.05, 3.63) is 11.3 Å². The molecule has 28 heavy (non-hydrogen) atoms. The highest BCUT2D eigenvalue weighted by molar-refractivity contribution is 6.24. The first-order valence-corrected chi connectivity index (χ1v) is 10.5. The Bertz CT molecular complexity index is 735. The summed E-state index contributed by atoms with van der Waals surface area (Å²) in [5, 5.41) is 5.23. The van der Waals surface area contributed by atoms with Gasteiger partial charge < -0.3 is 20.1 Å². The lowest BCUT2D eigenvalue weighted by atomic mass is 9.49. The highest BCUT2D eigenvalue weighted by Crippen LogP contribution is 2.64. The van der Waals surface area contributed by atoms with Crippen molar-refractivity contribution in [2.24, 2.45) is 17.3 Å². The number of esters is 2. The third-order valence-corrected chi connectivity index (χ3v) is 7.08. The predicted molar refractivity (Wildman–Crippen MR) is 101 cm³/mol. The zero-order valence-corrected chi connectivity index (χ0v) is 17.1. The van der Waals surface area contributed by atoms with Crippen molar-refractivity contribution in [3.8, 4) is 0 Å². The van der Waals surface area contributed by atoms with Gasteiger partial charge in [0.2, 0.25) is 0 Å². The number of carbonyl (C=O) groups is 3. The van der Waals surface area contributed by atoms with Gasteiger partial charge in [0.25, 0.3) is 0 Å². The molecule has 5 aliphatic rings. The molecular weight excluding hydrogens is 384 g/mol. The summed E-state index contributed by atoms with van der Waals surface area (Å²) < 4.78 is 10.8. The molecule has 4 saturated carbocycles. The highest BCUT2D eigenvalue weighted by atomic mass is 35.5. The number of hydrogen-bond donors (Lipinski definition) is 2. The maximum atomic E-state index is 13.1. The number of alkyl halides is 1. The summed E-state index contributed by atoms with van der Waals surface area (Å²) in [6, 6.07) is -0.951. The van der Waals surface area contributed by atoms with Gasteiger partial charge in [-0.3, -0.25) is 4.79 Å². The molecule has 1 aliphatic heterocycles. The van der Waals surface area contributed by atoms with Crippen LogP contribution in [0.25, 0.3) is 0 Å². The number of amides is 2. The first-order chi connectivity index (χ1) is 13.2. The van der Waals surface area contributed by atoms with Gasteiger partial charge >= 0.3 is 18.0 Å². The zero-order chi connectivity index (χ0) is 20.1. The monoisotopic (exact) mass is 410 g/mol. The number of ether oxygens (including phenoxy) is 2. The van der Waals surface area contributed by atoms with Crippen LogP contribution in [-0.2, 0) is 19.1 Å². The Balaban J connectivity index is 1.51. The van der Waals surface area contributed by atoms with Gasteiger partial charge in [-0.05, 0) is 64.2 Å². The molecule has 2 unspecified atom stereocenters. The third-order valence-electron chi connectivity index (χ3n) is 6.64. The van der Waals surface area contributed by atoms with E-state index in [-0.39, 0.29) is 35.3 Å². The average molecular weight is 411 g/mol. The van der Waals surface area contributed by atoms with Crippen LogP contribution in [0.15, 0.2) is 11.3 Å². The average Bonchev–Trinajstić information content (AvgIpc) is 2.57. The predicted octanol–water partition coefficient (Wildman–Crippen LogP) is 2.63. The number of urea groups is 1. The van der Waals surface area contributed by atoms with Crippen molar-refractivity contribution in [1.82, 2.24) is 10.6 Å². The van der Waals surface area contributed by atoms with Crippen LogP contribution in [0.2, 0.25) is 0 Å². The molecule has 2 N–H and O–H groups in total. The van der Waals surface area contributed by atoms with Gasteiger partial charge in [0.15, 0.2) is 0 Å². The van der Waals surface area contributed by atoms with E-state index in [1.54, 1.807) is 13.8 Å². The standard InChI is InChI=1S/C20H27ClN2O5/c1-3-27-16(24)15-11(2)22-18(26)23-14(15)9-28-17(25)19-5-12-4-13(6-19)8-20(21,7-12)10-19/h11-13H,3-10H2,1-2H3,(H2,22,23,26)/t11-,12-,13+,19?,20?/m0/s1. The molecule has 2 amide bonds. The molecule has 8 heteroatoms. The van der Waals surface area contributed by atoms with Crippen LogP contribution in [0.1, 0.15) is 52.4 Å². The minimum atomic E-state index is -0.529. The van der Waals surface area contributed by atoms with E-state index < -0.39 is 23.5 Å². The highest BCUT2D eigenvalue weighted by Gasteiger charge is 2.60. The van der Waals surface area contributed by atoms with Gasteiger partial charge in [-0.1, -0.05) is 0 Å². The van der Waals surface area contributed by atoms with Gasteiger partial charge in [0.05, 0.1) is 29.3 Å². The second-order valence-corrected chi connectivity index (χ2v) is 9.70. The summed E-state index contributed by atoms with van der Waals surface area (Å²) in [5.74, 6) is 0.185. The Morgan fingerprint density at radius 1 is 1.18 bits per heavy atom. The Hall–Kier alpha value is -1.76. The van der Waals surface area contributed by atoms with E-state index in [0.717, 1.165) is 32.1 Å². The molecule has 0 aromatic rings. The van der Waals surface area contributed by atoms with Crippen LogP contribution in [0.5, 0.6) is 0 Å². The maximum absolute atomic E-state index is 13.1. The third kappa shape index (κ3) is 3.38. The van der Waals surface area contributed by atoms with Crippen molar-refractivity contribution < 1.29 is 23.9 Å². The van der Waals surface area contributed by atoms with Crippen molar-refractivity contribution in [3.63, 3.8) is 0 Å². The van der Waals surface area contributed by atoms with E-state index in [1.165, 1.54) is 0 Å². The second kappa shape index (κ2) is 6.94. The molecule has 4 bridgehead atoms. The minimum Gasteiger partial charge on any atom is -0.463 e. The summed E-state index contributed by atoms with van der Waals surface area (Å²) >= 11 is 6.81. The number of hydrogen-bond acceptors (Lipinski definition) is 5. The smallest absolute Gasteiger partial charge is 0.338 e. The molecule has 4 fully saturated rings. The number of nitrogens with one attached hydrogen (secondary N) is 2. The normalized spacial score (nSPS) is 38.7. The summed E-state index contributed by atoms with van der Waals surface area (Å²) in [6.07, 6.45) is 5.42. The lowest BCUT2D eigenvalue weighted by Gasteiger charge is -2.58. The molecule has 0 spiro atoms. The molecule has 0 aromatic carbocycles. The maximum Gasteiger partial charge on any atom is 0.338 e. The van der Waals surface area contributed by atoms with E-state index in [0.29, 0.717) is 18.3 Å². The topological polar surface area (TPSA) is 93.7 Å². The molecule has 5 atom stereocenters. The zero-order valence-electron chi connectivity index (χ0n) is 16.3. The molecule has 0 radical (unpaired) electrons. The fraction of sp³-hybridized carbons (Fsp3) is 0.750. The van der Waals surface area contributed by atoms with Crippen molar-refractivity contribution in [2.45, 2.75) is 63.3 Å². The first kappa shape index (κ1) is 19.6. The first-order valence-electron chi connectivity index (χ1n) is 10.1. The van der Waals surface area contributed by atoms with E-state index in [4.69, 9.17) is 21.1 Å². The molecular formula is C20H27ClN2O5. The molecule has 154 valence electrons. The Kier molecular flexibility index (Phi) is 4.84. The summed E-state index contributed by atoms with van der Waals surface area (Å²) in [5.41, 5.74) is 0.0425. The quantitative estimate of drug-likeness (QED) is 0.536. The fourth-order valence-corrected chi connectivity index (χ4v) is 6.77. The van der Waals surface area contributed by atoms with E-state index >= 15 is 0 Å². The van der Waals surface area contributed by atoms with E-state index in [9.17, 15) is 14.4 Å². The number of rotatable bonds is 5. The minimum absolute atomic E-state index is 0.156. The molecule has 4 aliphatic carbocycles. The van der Waals surface area contributed by atoms with Crippen LogP contribution in [0, 0.1) is 17.3 Å². The van der Waals surface area contributed by atoms with Gasteiger partial charge in [-0.25, -0.2) is 9.59 Å². The molecule has 5 rings (SSSR count). The van der Waals surface area contributed by atoms with Crippen molar-refractivity contribution in [2.75, 3.05) is 13.2 Å². The Morgan fingerprint density at radius 2 is 1.86 bits per heavy atom. The summed E-state index contributed by atoms with van der Waals surface area (Å²) in [6.45, 7) is 3.48. The lowest BCUT2D eigenvalue weighted by Crippen LogP contribution is -2.56. The van der Waals surface area contributed by atoms with Crippen molar-refractivity contribution >= 4 is 29.6 Å². The summed E-state index contributed by atoms with van der Waals surface area (Å²) in [4.78, 5) is 37.0. The van der Waals surface area contributed by atoms with E-state index in [2.05, 4.69) is 10.6 Å². The molecule has 0 aromatic heterocycles. The summed E-state index contributed by atoms with van der Waals surface area (Å²) in [7, 11) is 0. The lowest BCUT2D eigenvalue weighted by molar-refractivity contribution is -0.169. The Labute approximate surface area is 169 Å².